The standard InChI is InChI=1S/C16H17N5O3/c1-24-12-4-2-10(3-5-12)15-11(9-18-21-15)8-17-16(23)13-6-7-14(22)20-19-13/h2-5,9H,6-8H2,1H3,(H,17,23)(H,18,21)(H,20,22). The zero-order chi connectivity index (χ0) is 16.9. The Kier molecular flexibility index (Phi) is 4.55. The first kappa shape index (κ1) is 15.7. The highest BCUT2D eigenvalue weighted by Crippen LogP contribution is 2.23. The molecule has 1 aromatic heterocycles. The van der Waals surface area contributed by atoms with Gasteiger partial charge in [0.25, 0.3) is 5.91 Å². The van der Waals surface area contributed by atoms with Crippen LogP contribution in [0, 0.1) is 0 Å². The smallest absolute Gasteiger partial charge is 0.267 e. The Balaban J connectivity index is 1.67. The van der Waals surface area contributed by atoms with Gasteiger partial charge in [0, 0.05) is 30.5 Å². The van der Waals surface area contributed by atoms with Gasteiger partial charge >= 0.3 is 0 Å². The quantitative estimate of drug-likeness (QED) is 0.760. The van der Waals surface area contributed by atoms with Crippen LogP contribution in [0.2, 0.25) is 0 Å². The Morgan fingerprint density at radius 3 is 2.75 bits per heavy atom. The predicted octanol–water partition coefficient (Wildman–Crippen LogP) is 0.967. The number of methoxy groups -OCH3 is 1. The average molecular weight is 327 g/mol. The molecule has 0 saturated carbocycles. The largest absolute Gasteiger partial charge is 0.497 e. The normalized spacial score (nSPS) is 13.9. The zero-order valence-corrected chi connectivity index (χ0v) is 13.1. The number of amides is 2. The minimum atomic E-state index is -0.295. The molecule has 1 aromatic carbocycles. The van der Waals surface area contributed by atoms with Gasteiger partial charge in [0.05, 0.1) is 19.0 Å². The van der Waals surface area contributed by atoms with Crippen LogP contribution in [0.4, 0.5) is 0 Å². The van der Waals surface area contributed by atoms with Crippen LogP contribution in [-0.4, -0.2) is 34.8 Å². The number of rotatable bonds is 5. The predicted molar refractivity (Wildman–Crippen MR) is 87.2 cm³/mol. The van der Waals surface area contributed by atoms with Gasteiger partial charge in [-0.05, 0) is 24.3 Å². The van der Waals surface area contributed by atoms with Crippen molar-refractivity contribution in [2.45, 2.75) is 19.4 Å². The van der Waals surface area contributed by atoms with Crippen molar-refractivity contribution in [3.63, 3.8) is 0 Å². The number of aromatic amines is 1. The number of ether oxygens (including phenoxy) is 1. The van der Waals surface area contributed by atoms with E-state index in [1.807, 2.05) is 24.3 Å². The number of aromatic nitrogens is 2. The summed E-state index contributed by atoms with van der Waals surface area (Å²) < 4.78 is 5.14. The summed E-state index contributed by atoms with van der Waals surface area (Å²) in [6.45, 7) is 0.309. The fraction of sp³-hybridized carbons (Fsp3) is 0.250. The second kappa shape index (κ2) is 6.95. The topological polar surface area (TPSA) is 108 Å². The Labute approximate surface area is 138 Å². The monoisotopic (exact) mass is 327 g/mol. The van der Waals surface area contributed by atoms with Crippen LogP contribution in [0.25, 0.3) is 11.3 Å². The van der Waals surface area contributed by atoms with Gasteiger partial charge in [0.1, 0.15) is 11.5 Å². The van der Waals surface area contributed by atoms with E-state index in [-0.39, 0.29) is 18.2 Å². The van der Waals surface area contributed by atoms with E-state index >= 15 is 0 Å². The summed E-state index contributed by atoms with van der Waals surface area (Å²) in [5, 5.41) is 13.6. The minimum Gasteiger partial charge on any atom is -0.497 e. The molecule has 24 heavy (non-hydrogen) atoms. The summed E-state index contributed by atoms with van der Waals surface area (Å²) in [6.07, 6.45) is 2.29. The SMILES string of the molecule is COc1ccc(-c2[nH]ncc2CNC(=O)C2=NNC(=O)CC2)cc1. The highest BCUT2D eigenvalue weighted by atomic mass is 16.5. The van der Waals surface area contributed by atoms with E-state index in [0.717, 1.165) is 22.6 Å². The molecule has 2 amide bonds. The number of H-pyrrole nitrogens is 1. The Bertz CT molecular complexity index is 779. The number of hydrogen-bond acceptors (Lipinski definition) is 5. The summed E-state index contributed by atoms with van der Waals surface area (Å²) >= 11 is 0. The van der Waals surface area contributed by atoms with Gasteiger partial charge in [-0.15, -0.1) is 0 Å². The summed E-state index contributed by atoms with van der Waals surface area (Å²) in [6, 6.07) is 7.55. The molecule has 3 N–H and O–H groups in total. The lowest BCUT2D eigenvalue weighted by molar-refractivity contribution is -0.121. The van der Waals surface area contributed by atoms with Crippen LogP contribution >= 0.6 is 0 Å². The summed E-state index contributed by atoms with van der Waals surface area (Å²) in [5.74, 6) is 0.297. The molecule has 1 aliphatic heterocycles. The lowest BCUT2D eigenvalue weighted by Crippen LogP contribution is -2.36. The molecule has 8 heteroatoms. The third kappa shape index (κ3) is 3.43. The number of carbonyl (C=O) groups is 2. The van der Waals surface area contributed by atoms with Crippen molar-refractivity contribution in [2.24, 2.45) is 5.10 Å². The molecule has 0 fully saturated rings. The van der Waals surface area contributed by atoms with Gasteiger partial charge in [-0.2, -0.15) is 10.2 Å². The van der Waals surface area contributed by atoms with Gasteiger partial charge in [0.15, 0.2) is 0 Å². The maximum Gasteiger partial charge on any atom is 0.267 e. The average Bonchev–Trinajstić information content (AvgIpc) is 3.09. The van der Waals surface area contributed by atoms with Crippen LogP contribution in [0.15, 0.2) is 35.6 Å². The fourth-order valence-corrected chi connectivity index (χ4v) is 2.37. The highest BCUT2D eigenvalue weighted by molar-refractivity contribution is 6.39. The van der Waals surface area contributed by atoms with Gasteiger partial charge in [-0.25, -0.2) is 5.43 Å². The first-order valence-corrected chi connectivity index (χ1v) is 7.47. The highest BCUT2D eigenvalue weighted by Gasteiger charge is 2.18. The number of nitrogens with zero attached hydrogens (tertiary/aromatic N) is 2. The van der Waals surface area contributed by atoms with Crippen molar-refractivity contribution >= 4 is 17.5 Å². The van der Waals surface area contributed by atoms with Crippen molar-refractivity contribution in [3.8, 4) is 17.0 Å². The third-order valence-electron chi connectivity index (χ3n) is 3.70. The van der Waals surface area contributed by atoms with Crippen LogP contribution in [-0.2, 0) is 16.1 Å². The molecule has 0 bridgehead atoms. The summed E-state index contributed by atoms with van der Waals surface area (Å²) in [4.78, 5) is 23.1. The first-order chi connectivity index (χ1) is 11.7. The van der Waals surface area contributed by atoms with Crippen LogP contribution in [0.5, 0.6) is 5.75 Å². The minimum absolute atomic E-state index is 0.178. The van der Waals surface area contributed by atoms with Gasteiger partial charge in [-0.1, -0.05) is 0 Å². The van der Waals surface area contributed by atoms with Gasteiger partial charge in [0.2, 0.25) is 5.91 Å². The number of carbonyl (C=O) groups excluding carboxylic acids is 2. The molecule has 124 valence electrons. The number of hydrogen-bond donors (Lipinski definition) is 3. The Hall–Kier alpha value is -3.16. The molecule has 2 heterocycles. The molecular weight excluding hydrogens is 310 g/mol. The van der Waals surface area contributed by atoms with Crippen LogP contribution in [0.3, 0.4) is 0 Å². The van der Waals surface area contributed by atoms with Gasteiger partial charge in [-0.3, -0.25) is 14.7 Å². The maximum atomic E-state index is 12.1. The van der Waals surface area contributed by atoms with Crippen molar-refractivity contribution in [3.05, 3.63) is 36.0 Å². The molecule has 8 nitrogen and oxygen atoms in total. The molecule has 1 aliphatic rings. The Morgan fingerprint density at radius 2 is 2.08 bits per heavy atom. The molecule has 0 aliphatic carbocycles. The second-order valence-electron chi connectivity index (χ2n) is 5.27. The number of benzene rings is 1. The molecule has 0 atom stereocenters. The first-order valence-electron chi connectivity index (χ1n) is 7.47. The zero-order valence-electron chi connectivity index (χ0n) is 13.1. The molecule has 0 radical (unpaired) electrons. The van der Waals surface area contributed by atoms with Crippen molar-refractivity contribution in [2.75, 3.05) is 7.11 Å². The fourth-order valence-electron chi connectivity index (χ4n) is 2.37. The van der Waals surface area contributed by atoms with E-state index in [4.69, 9.17) is 4.74 Å². The molecule has 2 aromatic rings. The van der Waals surface area contributed by atoms with Crippen molar-refractivity contribution < 1.29 is 14.3 Å². The molecule has 0 saturated heterocycles. The molecule has 0 spiro atoms. The number of nitrogens with one attached hydrogen (secondary N) is 3. The van der Waals surface area contributed by atoms with Crippen molar-refractivity contribution in [1.82, 2.24) is 20.9 Å². The van der Waals surface area contributed by atoms with E-state index in [0.29, 0.717) is 18.7 Å². The van der Waals surface area contributed by atoms with Gasteiger partial charge < -0.3 is 10.1 Å². The lowest BCUT2D eigenvalue weighted by Gasteiger charge is -2.12. The van der Waals surface area contributed by atoms with E-state index in [2.05, 4.69) is 26.0 Å². The molecular formula is C16H17N5O3. The van der Waals surface area contributed by atoms with Crippen LogP contribution in [0.1, 0.15) is 18.4 Å². The van der Waals surface area contributed by atoms with E-state index < -0.39 is 0 Å². The van der Waals surface area contributed by atoms with E-state index in [1.54, 1.807) is 13.3 Å². The number of hydrazone groups is 1. The Morgan fingerprint density at radius 1 is 1.29 bits per heavy atom. The molecule has 0 unspecified atom stereocenters. The summed E-state index contributed by atoms with van der Waals surface area (Å²) in [7, 11) is 1.61. The van der Waals surface area contributed by atoms with Crippen LogP contribution < -0.4 is 15.5 Å². The lowest BCUT2D eigenvalue weighted by atomic mass is 10.1. The molecule has 3 rings (SSSR count). The summed E-state index contributed by atoms with van der Waals surface area (Å²) in [5.41, 5.74) is 5.27. The third-order valence-corrected chi connectivity index (χ3v) is 3.70. The van der Waals surface area contributed by atoms with Crippen molar-refractivity contribution in [1.29, 1.82) is 0 Å². The van der Waals surface area contributed by atoms with E-state index in [1.165, 1.54) is 0 Å². The van der Waals surface area contributed by atoms with E-state index in [9.17, 15) is 9.59 Å². The second-order valence-corrected chi connectivity index (χ2v) is 5.27. The maximum absolute atomic E-state index is 12.1.